The molecule has 5 heterocycles. The first-order valence-electron chi connectivity index (χ1n) is 25.3. The number of anilines is 3. The van der Waals surface area contributed by atoms with E-state index in [0.717, 1.165) is 0 Å². The molecule has 1 aliphatic carbocycles. The molecule has 2 aliphatic heterocycles. The Kier molecular flexibility index (Phi) is 8.83. The van der Waals surface area contributed by atoms with Crippen molar-refractivity contribution in [2.75, 3.05) is 4.90 Å². The zero-order chi connectivity index (χ0) is 48.1. The first-order chi connectivity index (χ1) is 32.6. The van der Waals surface area contributed by atoms with Crippen molar-refractivity contribution in [3.05, 3.63) is 149 Å². The first kappa shape index (κ1) is 43.4. The summed E-state index contributed by atoms with van der Waals surface area (Å²) in [4.78, 5) is 2.76. The zero-order valence-electron chi connectivity index (χ0n) is 42.7. The number of aromatic nitrogens is 1. The summed E-state index contributed by atoms with van der Waals surface area (Å²) in [6, 6.07) is 48.2. The Bertz CT molecular complexity index is 3850. The molecule has 0 N–H and O–H groups in total. The monoisotopic (exact) mass is 934 g/mol. The van der Waals surface area contributed by atoms with Crippen LogP contribution in [0.5, 0.6) is 0 Å². The third-order valence-corrected chi connectivity index (χ3v) is 19.1. The minimum absolute atomic E-state index is 0.0102. The van der Waals surface area contributed by atoms with Gasteiger partial charge in [-0.2, -0.15) is 0 Å². The van der Waals surface area contributed by atoms with Gasteiger partial charge in [-0.3, -0.25) is 0 Å². The van der Waals surface area contributed by atoms with Gasteiger partial charge in [-0.25, -0.2) is 0 Å². The summed E-state index contributed by atoms with van der Waals surface area (Å²) < 4.78 is 8.37. The van der Waals surface area contributed by atoms with Crippen LogP contribution in [0, 0.1) is 0 Å². The van der Waals surface area contributed by atoms with Crippen LogP contribution in [-0.2, 0) is 27.1 Å². The minimum Gasteiger partial charge on any atom is -0.375 e. The maximum absolute atomic E-state index is 2.81. The quantitative estimate of drug-likeness (QED) is 0.157. The molecule has 0 fully saturated rings. The topological polar surface area (TPSA) is 8.17 Å². The number of hydrogen-bond donors (Lipinski definition) is 0. The summed E-state index contributed by atoms with van der Waals surface area (Å²) >= 11 is 4.04. The van der Waals surface area contributed by atoms with Gasteiger partial charge in [0.2, 0.25) is 0 Å². The molecule has 0 bridgehead atoms. The molecule has 5 heteroatoms. The Balaban J connectivity index is 1.27. The summed E-state index contributed by atoms with van der Waals surface area (Å²) in [5.41, 5.74) is 20.5. The number of fused-ring (bicyclic) bond motifs is 14. The second-order valence-corrected chi connectivity index (χ2v) is 27.4. The van der Waals surface area contributed by atoms with E-state index in [1.807, 2.05) is 11.3 Å². The molecule has 0 spiro atoms. The van der Waals surface area contributed by atoms with Gasteiger partial charge in [0.05, 0.1) is 11.4 Å². The lowest BCUT2D eigenvalue weighted by Gasteiger charge is -2.42. The molecular formula is C64H63BN2S2. The molecule has 3 aromatic heterocycles. The SMILES string of the molecule is CC(C)(C)c1ccc(N2c3cc4c(sc5ccccc54)c4c3B(c3sc5cc6c(cc5c32)C(C)(C)CCC6(C)C)n2c3ccc(C(C)(C)C)cc3c3cc(C(C)(C)C)cc-4c32)c(-c2ccccc2)c1. The fourth-order valence-corrected chi connectivity index (χ4v) is 15.1. The predicted octanol–water partition coefficient (Wildman–Crippen LogP) is 17.7. The Hall–Kier alpha value is -5.62. The molecular weight excluding hydrogens is 872 g/mol. The summed E-state index contributed by atoms with van der Waals surface area (Å²) in [7, 11) is 0. The molecule has 7 aromatic carbocycles. The number of rotatable bonds is 2. The number of thiophene rings is 2. The van der Waals surface area contributed by atoms with Crippen molar-refractivity contribution in [3.63, 3.8) is 0 Å². The van der Waals surface area contributed by atoms with E-state index in [0.29, 0.717) is 0 Å². The molecule has 0 radical (unpaired) electrons. The van der Waals surface area contributed by atoms with Crippen LogP contribution in [0.1, 0.15) is 131 Å². The third-order valence-electron chi connectivity index (χ3n) is 16.7. The lowest BCUT2D eigenvalue weighted by molar-refractivity contribution is 0.332. The van der Waals surface area contributed by atoms with Crippen LogP contribution in [0.15, 0.2) is 121 Å². The molecule has 69 heavy (non-hydrogen) atoms. The van der Waals surface area contributed by atoms with Crippen molar-refractivity contribution in [2.45, 2.75) is 130 Å². The van der Waals surface area contributed by atoms with E-state index in [2.05, 4.69) is 232 Å². The van der Waals surface area contributed by atoms with E-state index in [4.69, 9.17) is 0 Å². The summed E-state index contributed by atoms with van der Waals surface area (Å²) in [5, 5.41) is 6.79. The van der Waals surface area contributed by atoms with Crippen LogP contribution in [0.2, 0.25) is 0 Å². The van der Waals surface area contributed by atoms with Crippen LogP contribution in [0.4, 0.5) is 17.1 Å². The molecule has 0 saturated carbocycles. The molecule has 0 saturated heterocycles. The molecule has 3 aliphatic rings. The van der Waals surface area contributed by atoms with Gasteiger partial charge >= 0.3 is 6.85 Å². The minimum atomic E-state index is -0.0591. The number of hydrogen-bond acceptors (Lipinski definition) is 3. The first-order valence-corrected chi connectivity index (χ1v) is 27.0. The summed E-state index contributed by atoms with van der Waals surface area (Å²) in [6.07, 6.45) is 2.37. The molecule has 0 amide bonds. The summed E-state index contributed by atoms with van der Waals surface area (Å²) in [6.45, 7) is 31.2. The predicted molar refractivity (Wildman–Crippen MR) is 305 cm³/mol. The zero-order valence-corrected chi connectivity index (χ0v) is 44.4. The van der Waals surface area contributed by atoms with Gasteiger partial charge in [0.15, 0.2) is 0 Å². The molecule has 0 atom stereocenters. The highest BCUT2D eigenvalue weighted by Gasteiger charge is 2.48. The van der Waals surface area contributed by atoms with Crippen LogP contribution in [-0.4, -0.2) is 11.3 Å². The van der Waals surface area contributed by atoms with E-state index in [1.165, 1.54) is 142 Å². The van der Waals surface area contributed by atoms with Crippen LogP contribution in [0.25, 0.3) is 74.3 Å². The van der Waals surface area contributed by atoms with Crippen molar-refractivity contribution >= 4 is 109 Å². The van der Waals surface area contributed by atoms with Gasteiger partial charge < -0.3 is 9.38 Å². The Morgan fingerprint density at radius 2 is 1.13 bits per heavy atom. The van der Waals surface area contributed by atoms with E-state index in [-0.39, 0.29) is 33.9 Å². The van der Waals surface area contributed by atoms with E-state index in [1.54, 1.807) is 0 Å². The van der Waals surface area contributed by atoms with Crippen LogP contribution >= 0.6 is 22.7 Å². The van der Waals surface area contributed by atoms with Crippen molar-refractivity contribution in [1.82, 2.24) is 4.48 Å². The summed E-state index contributed by atoms with van der Waals surface area (Å²) in [5.74, 6) is 0. The average Bonchev–Trinajstić information content (AvgIpc) is 3.97. The highest BCUT2D eigenvalue weighted by Crippen LogP contribution is 2.56. The van der Waals surface area contributed by atoms with Crippen molar-refractivity contribution < 1.29 is 0 Å². The number of benzene rings is 7. The normalized spacial score (nSPS) is 16.2. The van der Waals surface area contributed by atoms with Gasteiger partial charge in [0.25, 0.3) is 0 Å². The third kappa shape index (κ3) is 6.15. The lowest BCUT2D eigenvalue weighted by atomic mass is 9.48. The van der Waals surface area contributed by atoms with E-state index >= 15 is 0 Å². The molecule has 0 unspecified atom stereocenters. The van der Waals surface area contributed by atoms with E-state index < -0.39 is 0 Å². The number of nitrogens with zero attached hydrogens (tertiary/aromatic N) is 2. The fourth-order valence-electron chi connectivity index (χ4n) is 12.5. The van der Waals surface area contributed by atoms with Crippen molar-refractivity contribution in [2.24, 2.45) is 0 Å². The molecule has 13 rings (SSSR count). The maximum Gasteiger partial charge on any atom is 0.343 e. The molecule has 344 valence electrons. The smallest absolute Gasteiger partial charge is 0.343 e. The fraction of sp³-hybridized carbons (Fsp3) is 0.312. The van der Waals surface area contributed by atoms with E-state index in [9.17, 15) is 0 Å². The maximum atomic E-state index is 2.81. The largest absolute Gasteiger partial charge is 0.375 e. The van der Waals surface area contributed by atoms with Gasteiger partial charge in [0, 0.05) is 79.2 Å². The van der Waals surface area contributed by atoms with Crippen molar-refractivity contribution in [1.29, 1.82) is 0 Å². The average molecular weight is 935 g/mol. The lowest BCUT2D eigenvalue weighted by Crippen LogP contribution is -2.55. The van der Waals surface area contributed by atoms with Gasteiger partial charge in [0.1, 0.15) is 0 Å². The van der Waals surface area contributed by atoms with Gasteiger partial charge in [-0.15, -0.1) is 22.7 Å². The molecule has 2 nitrogen and oxygen atoms in total. The van der Waals surface area contributed by atoms with Crippen molar-refractivity contribution in [3.8, 4) is 22.3 Å². The van der Waals surface area contributed by atoms with Gasteiger partial charge in [-0.05, 0) is 139 Å². The Morgan fingerprint density at radius 3 is 1.84 bits per heavy atom. The molecule has 10 aromatic rings. The standard InChI is InChI=1S/C64H63BN2S2/c1-60(2,3)37-23-25-49(41(29-37)36-19-15-14-16-20-36)66-51-34-44-40-21-17-18-22-52(40)68-58(44)54-46-32-39(62(7,8)9)31-43-42-30-38(61(4,5)6)24-26-50(42)67(56(43)46)65(55(51)54)59-57(66)45-33-47-48(35-53(45)69-59)64(12,13)28-27-63(47,10)11/h14-26,29-35H,27-28H2,1-13H3. The van der Waals surface area contributed by atoms with Crippen LogP contribution < -0.4 is 15.1 Å². The second kappa shape index (κ2) is 14.0. The van der Waals surface area contributed by atoms with Gasteiger partial charge in [-0.1, -0.05) is 151 Å². The van der Waals surface area contributed by atoms with Crippen LogP contribution in [0.3, 0.4) is 0 Å². The second-order valence-electron chi connectivity index (χ2n) is 25.2. The highest BCUT2D eigenvalue weighted by molar-refractivity contribution is 7.32. The highest BCUT2D eigenvalue weighted by atomic mass is 32.1. The Morgan fingerprint density at radius 1 is 0.507 bits per heavy atom. The Labute approximate surface area is 417 Å².